The first kappa shape index (κ1) is 23.7. The lowest BCUT2D eigenvalue weighted by Crippen LogP contribution is -2.44. The van der Waals surface area contributed by atoms with Gasteiger partial charge in [0.15, 0.2) is 5.60 Å². The van der Waals surface area contributed by atoms with Gasteiger partial charge in [0, 0.05) is 29.1 Å². The number of aliphatic hydroxyl groups is 2. The summed E-state index contributed by atoms with van der Waals surface area (Å²) in [4.78, 5) is 45.1. The molecule has 6 rings (SSSR count). The summed E-state index contributed by atoms with van der Waals surface area (Å²) in [5.74, 6) is -1.62. The third-order valence-corrected chi connectivity index (χ3v) is 8.11. The molecule has 9 nitrogen and oxygen atoms in total. The molecule has 1 aromatic carbocycles. The number of aryl methyl sites for hydroxylation is 1. The summed E-state index contributed by atoms with van der Waals surface area (Å²) >= 11 is 0. The molecule has 0 unspecified atom stereocenters. The first-order chi connectivity index (χ1) is 17.6. The number of cyclic esters (lactones) is 1. The van der Waals surface area contributed by atoms with Crippen LogP contribution in [0, 0.1) is 12.7 Å². The molecule has 0 bridgehead atoms. The average molecular weight is 508 g/mol. The standard InChI is InChI=1S/C27H26FN3O6/c1-4-27(36)17-8-20-23-15(10-31(20)24(33)16(17)11-37-26(27)35)22(13(3)30-6-5-21(32)25(30)34)14-7-12(2)18(28)9-19(14)29-23/h7-9,13,21,32,36H,4-6,10-11H2,1-3H3/t13-,21-,27-/m0/s1. The number of hydrogen-bond acceptors (Lipinski definition) is 7. The van der Waals surface area contributed by atoms with Crippen LogP contribution in [0.25, 0.3) is 22.3 Å². The maximum Gasteiger partial charge on any atom is 0.343 e. The van der Waals surface area contributed by atoms with Crippen LogP contribution in [0.2, 0.25) is 0 Å². The topological polar surface area (TPSA) is 122 Å². The SMILES string of the molecule is CC[C@@]1(O)C(=O)OCc2c1cc1n(c2=O)Cc2c-1nc1cc(F)c(C)cc1c2[C@H](C)N1CC[C@H](O)C1=O. The zero-order chi connectivity index (χ0) is 26.4. The van der Waals surface area contributed by atoms with Gasteiger partial charge in [-0.25, -0.2) is 14.2 Å². The number of aromatic nitrogens is 2. The molecule has 0 saturated carbocycles. The van der Waals surface area contributed by atoms with E-state index in [1.54, 1.807) is 30.9 Å². The molecule has 37 heavy (non-hydrogen) atoms. The molecule has 5 heterocycles. The van der Waals surface area contributed by atoms with Crippen molar-refractivity contribution in [3.8, 4) is 11.4 Å². The summed E-state index contributed by atoms with van der Waals surface area (Å²) in [5, 5.41) is 21.9. The van der Waals surface area contributed by atoms with Crippen LogP contribution in [-0.2, 0) is 33.1 Å². The second-order valence-electron chi connectivity index (χ2n) is 10.1. The normalized spacial score (nSPS) is 23.2. The number of ether oxygens (including phenoxy) is 1. The molecule has 3 atom stereocenters. The van der Waals surface area contributed by atoms with Crippen LogP contribution in [0.3, 0.4) is 0 Å². The number of rotatable bonds is 3. The van der Waals surface area contributed by atoms with E-state index in [0.29, 0.717) is 46.4 Å². The fourth-order valence-corrected chi connectivity index (χ4v) is 5.94. The monoisotopic (exact) mass is 507 g/mol. The van der Waals surface area contributed by atoms with Gasteiger partial charge >= 0.3 is 5.97 Å². The fourth-order valence-electron chi connectivity index (χ4n) is 5.94. The predicted molar refractivity (Wildman–Crippen MR) is 130 cm³/mol. The minimum atomic E-state index is -1.96. The van der Waals surface area contributed by atoms with Crippen molar-refractivity contribution in [3.05, 3.63) is 62.2 Å². The van der Waals surface area contributed by atoms with Crippen LogP contribution < -0.4 is 5.56 Å². The maximum absolute atomic E-state index is 14.6. The Bertz CT molecular complexity index is 1600. The van der Waals surface area contributed by atoms with Crippen LogP contribution in [0.15, 0.2) is 23.0 Å². The van der Waals surface area contributed by atoms with Gasteiger partial charge in [-0.05, 0) is 49.9 Å². The van der Waals surface area contributed by atoms with Crippen LogP contribution in [0.1, 0.15) is 60.5 Å². The predicted octanol–water partition coefficient (Wildman–Crippen LogP) is 2.18. The number of aliphatic hydroxyl groups excluding tert-OH is 1. The van der Waals surface area contributed by atoms with Crippen molar-refractivity contribution in [1.29, 1.82) is 0 Å². The highest BCUT2D eigenvalue weighted by Crippen LogP contribution is 2.43. The van der Waals surface area contributed by atoms with E-state index in [2.05, 4.69) is 0 Å². The molecule has 3 aromatic rings. The smallest absolute Gasteiger partial charge is 0.343 e. The van der Waals surface area contributed by atoms with Gasteiger partial charge in [0.2, 0.25) is 0 Å². The van der Waals surface area contributed by atoms with Crippen molar-refractivity contribution >= 4 is 22.8 Å². The van der Waals surface area contributed by atoms with Crippen molar-refractivity contribution in [1.82, 2.24) is 14.5 Å². The molecule has 1 fully saturated rings. The zero-order valence-electron chi connectivity index (χ0n) is 20.7. The van der Waals surface area contributed by atoms with Crippen LogP contribution >= 0.6 is 0 Å². The number of hydrogen-bond donors (Lipinski definition) is 2. The summed E-state index contributed by atoms with van der Waals surface area (Å²) in [6.07, 6.45) is -0.733. The Labute approximate surface area is 211 Å². The molecule has 3 aliphatic rings. The Morgan fingerprint density at radius 3 is 2.68 bits per heavy atom. The molecule has 0 radical (unpaired) electrons. The highest BCUT2D eigenvalue weighted by Gasteiger charge is 2.46. The van der Waals surface area contributed by atoms with Crippen molar-refractivity contribution in [3.63, 3.8) is 0 Å². The number of amides is 1. The molecular weight excluding hydrogens is 481 g/mol. The van der Waals surface area contributed by atoms with Gasteiger partial charge in [-0.2, -0.15) is 0 Å². The Kier molecular flexibility index (Phi) is 5.09. The molecular formula is C27H26FN3O6. The van der Waals surface area contributed by atoms with E-state index >= 15 is 0 Å². The second kappa shape index (κ2) is 7.93. The lowest BCUT2D eigenvalue weighted by atomic mass is 9.86. The number of halogens is 1. The van der Waals surface area contributed by atoms with E-state index in [4.69, 9.17) is 9.72 Å². The van der Waals surface area contributed by atoms with Gasteiger partial charge in [0.05, 0.1) is 35.1 Å². The lowest BCUT2D eigenvalue weighted by molar-refractivity contribution is -0.172. The van der Waals surface area contributed by atoms with Crippen molar-refractivity contribution in [2.45, 2.75) is 64.5 Å². The van der Waals surface area contributed by atoms with Crippen LogP contribution in [0.4, 0.5) is 4.39 Å². The van der Waals surface area contributed by atoms with E-state index in [1.165, 1.54) is 10.6 Å². The van der Waals surface area contributed by atoms with Crippen molar-refractivity contribution < 1.29 is 28.9 Å². The molecule has 0 spiro atoms. The molecule has 1 amide bonds. The molecule has 2 N–H and O–H groups in total. The third kappa shape index (κ3) is 3.15. The van der Waals surface area contributed by atoms with Gasteiger partial charge in [-0.15, -0.1) is 0 Å². The molecule has 2 aromatic heterocycles. The van der Waals surface area contributed by atoms with Crippen molar-refractivity contribution in [2.24, 2.45) is 0 Å². The highest BCUT2D eigenvalue weighted by molar-refractivity contribution is 5.91. The zero-order valence-corrected chi connectivity index (χ0v) is 20.7. The maximum atomic E-state index is 14.6. The van der Waals surface area contributed by atoms with Gasteiger partial charge in [-0.1, -0.05) is 6.92 Å². The largest absolute Gasteiger partial charge is 0.458 e. The van der Waals surface area contributed by atoms with E-state index < -0.39 is 35.1 Å². The number of esters is 1. The quantitative estimate of drug-likeness (QED) is 0.408. The molecule has 0 aliphatic carbocycles. The minimum absolute atomic E-state index is 0.0197. The number of carbonyl (C=O) groups excluding carboxylic acids is 2. The van der Waals surface area contributed by atoms with Gasteiger partial charge in [0.1, 0.15) is 18.5 Å². The molecule has 3 aliphatic heterocycles. The number of benzene rings is 1. The molecule has 10 heteroatoms. The highest BCUT2D eigenvalue weighted by atomic mass is 19.1. The number of nitrogens with zero attached hydrogens (tertiary/aromatic N) is 3. The summed E-state index contributed by atoms with van der Waals surface area (Å²) < 4.78 is 21.3. The number of likely N-dealkylation sites (tertiary alicyclic amines) is 1. The second-order valence-corrected chi connectivity index (χ2v) is 10.1. The Morgan fingerprint density at radius 2 is 2.00 bits per heavy atom. The van der Waals surface area contributed by atoms with Crippen LogP contribution in [0.5, 0.6) is 0 Å². The lowest BCUT2D eigenvalue weighted by Gasteiger charge is -2.31. The number of carbonyl (C=O) groups is 2. The number of pyridine rings is 2. The van der Waals surface area contributed by atoms with E-state index in [-0.39, 0.29) is 36.6 Å². The third-order valence-electron chi connectivity index (χ3n) is 8.11. The van der Waals surface area contributed by atoms with E-state index in [0.717, 1.165) is 5.56 Å². The summed E-state index contributed by atoms with van der Waals surface area (Å²) in [5.41, 5.74) is 1.09. The van der Waals surface area contributed by atoms with E-state index in [9.17, 15) is 29.0 Å². The van der Waals surface area contributed by atoms with E-state index in [1.807, 2.05) is 6.92 Å². The molecule has 1 saturated heterocycles. The van der Waals surface area contributed by atoms with Crippen LogP contribution in [-0.4, -0.2) is 49.2 Å². The molecule has 192 valence electrons. The Morgan fingerprint density at radius 1 is 1.24 bits per heavy atom. The number of fused-ring (bicyclic) bond motifs is 5. The minimum Gasteiger partial charge on any atom is -0.458 e. The summed E-state index contributed by atoms with van der Waals surface area (Å²) in [6, 6.07) is 4.15. The van der Waals surface area contributed by atoms with Gasteiger partial charge < -0.3 is 24.4 Å². The van der Waals surface area contributed by atoms with Gasteiger partial charge in [0.25, 0.3) is 11.5 Å². The summed E-state index contributed by atoms with van der Waals surface area (Å²) in [7, 11) is 0. The van der Waals surface area contributed by atoms with Crippen molar-refractivity contribution in [2.75, 3.05) is 6.54 Å². The fraction of sp³-hybridized carbons (Fsp3) is 0.407. The Balaban J connectivity index is 1.64. The van der Waals surface area contributed by atoms with Gasteiger partial charge in [-0.3, -0.25) is 9.59 Å². The summed E-state index contributed by atoms with van der Waals surface area (Å²) in [6.45, 7) is 5.41. The first-order valence-corrected chi connectivity index (χ1v) is 12.3. The Hall–Kier alpha value is -3.63. The first-order valence-electron chi connectivity index (χ1n) is 12.3. The average Bonchev–Trinajstić information content (AvgIpc) is 3.40.